The Labute approximate surface area is 147 Å². The molecule has 1 saturated heterocycles. The van der Waals surface area contributed by atoms with Gasteiger partial charge in [0, 0.05) is 24.3 Å². The van der Waals surface area contributed by atoms with E-state index in [-0.39, 0.29) is 22.5 Å². The van der Waals surface area contributed by atoms with Crippen molar-refractivity contribution in [2.45, 2.75) is 68.1 Å². The van der Waals surface area contributed by atoms with Crippen molar-refractivity contribution in [2.75, 3.05) is 13.1 Å². The number of phenolic OH excluding ortho intramolecular Hbond substituents is 1. The Morgan fingerprint density at radius 3 is 2.88 bits per heavy atom. The van der Waals surface area contributed by atoms with Crippen LogP contribution in [0, 0.1) is 11.1 Å². The van der Waals surface area contributed by atoms with Gasteiger partial charge in [-0.3, -0.25) is 0 Å². The zero-order valence-corrected chi connectivity index (χ0v) is 14.4. The largest absolute Gasteiger partial charge is 0.632 e. The van der Waals surface area contributed by atoms with Crippen LogP contribution in [0.1, 0.15) is 49.7 Å². The lowest BCUT2D eigenvalue weighted by molar-refractivity contribution is -0.924. The van der Waals surface area contributed by atoms with E-state index in [0.717, 1.165) is 24.0 Å². The second kappa shape index (κ2) is 4.33. The van der Waals surface area contributed by atoms with Gasteiger partial charge < -0.3 is 24.8 Å². The minimum atomic E-state index is -1.00. The molecule has 1 aromatic rings. The van der Waals surface area contributed by atoms with E-state index in [1.165, 1.54) is 12.8 Å². The second-order valence-corrected chi connectivity index (χ2v) is 9.11. The van der Waals surface area contributed by atoms with E-state index >= 15 is 0 Å². The molecule has 25 heavy (non-hydrogen) atoms. The number of aromatic hydroxyl groups is 1. The number of ether oxygens (including phenoxy) is 1. The predicted molar refractivity (Wildman–Crippen MR) is 91.2 cm³/mol. The summed E-state index contributed by atoms with van der Waals surface area (Å²) in [7, 11) is 0. The fraction of sp³-hybridized carbons (Fsp3) is 0.700. The molecular weight excluding hydrogens is 318 g/mol. The number of rotatable bonds is 2. The van der Waals surface area contributed by atoms with Gasteiger partial charge in [0.1, 0.15) is 17.7 Å². The molecule has 0 radical (unpaired) electrons. The first-order valence-corrected chi connectivity index (χ1v) is 9.80. The van der Waals surface area contributed by atoms with Gasteiger partial charge in [-0.15, -0.1) is 0 Å². The van der Waals surface area contributed by atoms with Gasteiger partial charge >= 0.3 is 0 Å². The number of benzene rings is 1. The third-order valence-electron chi connectivity index (χ3n) is 7.96. The highest BCUT2D eigenvalue weighted by atomic mass is 16.6. The number of likely N-dealkylation sites (tertiary alicyclic amines) is 1. The monoisotopic (exact) mass is 343 g/mol. The van der Waals surface area contributed by atoms with Crippen molar-refractivity contribution < 1.29 is 19.6 Å². The summed E-state index contributed by atoms with van der Waals surface area (Å²) in [5.74, 6) is 1.30. The number of phenols is 1. The average Bonchev–Trinajstić information content (AvgIpc) is 3.30. The first-order valence-electron chi connectivity index (χ1n) is 9.80. The van der Waals surface area contributed by atoms with Crippen LogP contribution in [0.4, 0.5) is 0 Å². The van der Waals surface area contributed by atoms with Crippen LogP contribution in [0.5, 0.6) is 11.5 Å². The van der Waals surface area contributed by atoms with E-state index in [1.807, 2.05) is 6.07 Å². The number of aliphatic hydroxyl groups is 1. The van der Waals surface area contributed by atoms with Gasteiger partial charge in [-0.05, 0) is 43.7 Å². The fourth-order valence-electron chi connectivity index (χ4n) is 6.75. The summed E-state index contributed by atoms with van der Waals surface area (Å²) < 4.78 is 5.99. The quantitative estimate of drug-likeness (QED) is 0.639. The number of hydroxylamine groups is 3. The van der Waals surface area contributed by atoms with Crippen molar-refractivity contribution in [1.82, 2.24) is 0 Å². The van der Waals surface area contributed by atoms with E-state index in [2.05, 4.69) is 0 Å². The summed E-state index contributed by atoms with van der Waals surface area (Å²) in [5.41, 5.74) is 0.638. The van der Waals surface area contributed by atoms with Gasteiger partial charge in [0.15, 0.2) is 11.5 Å². The molecule has 1 aromatic carbocycles. The molecule has 6 rings (SSSR count). The molecule has 2 heterocycles. The molecule has 2 saturated carbocycles. The lowest BCUT2D eigenvalue weighted by Gasteiger charge is -2.67. The lowest BCUT2D eigenvalue weighted by atomic mass is 9.49. The normalized spacial score (nSPS) is 46.5. The third kappa shape index (κ3) is 1.57. The Balaban J connectivity index is 1.58. The Kier molecular flexibility index (Phi) is 2.57. The summed E-state index contributed by atoms with van der Waals surface area (Å²) in [6, 6.07) is 3.36. The summed E-state index contributed by atoms with van der Waals surface area (Å²) in [6.07, 6.45) is 5.95. The van der Waals surface area contributed by atoms with E-state index < -0.39 is 11.0 Å². The zero-order chi connectivity index (χ0) is 17.0. The molecule has 5 nitrogen and oxygen atoms in total. The summed E-state index contributed by atoms with van der Waals surface area (Å²) in [6.45, 7) is 1.23. The maximum atomic E-state index is 13.9. The van der Waals surface area contributed by atoms with E-state index in [1.54, 1.807) is 6.07 Å². The van der Waals surface area contributed by atoms with Crippen molar-refractivity contribution in [3.8, 4) is 11.5 Å². The average molecular weight is 343 g/mol. The maximum Gasteiger partial charge on any atom is 0.165 e. The molecule has 5 heteroatoms. The Hall–Kier alpha value is -1.30. The van der Waals surface area contributed by atoms with Crippen LogP contribution in [-0.4, -0.2) is 45.7 Å². The molecule has 2 aliphatic heterocycles. The molecular formula is C20H25NO4. The number of nitrogens with zero attached hydrogens (tertiary/aromatic N) is 1. The first-order chi connectivity index (χ1) is 12.0. The third-order valence-corrected chi connectivity index (χ3v) is 7.96. The van der Waals surface area contributed by atoms with Gasteiger partial charge in [0.05, 0.1) is 18.5 Å². The molecule has 3 fully saturated rings. The highest BCUT2D eigenvalue weighted by Gasteiger charge is 2.74. The molecule has 134 valence electrons. The second-order valence-electron chi connectivity index (χ2n) is 9.11. The smallest absolute Gasteiger partial charge is 0.165 e. The maximum absolute atomic E-state index is 13.9. The van der Waals surface area contributed by atoms with Gasteiger partial charge in [-0.25, -0.2) is 0 Å². The number of quaternary nitrogens is 1. The lowest BCUT2D eigenvalue weighted by Crippen LogP contribution is -2.79. The zero-order valence-electron chi connectivity index (χ0n) is 14.4. The highest BCUT2D eigenvalue weighted by molar-refractivity contribution is 5.61. The molecule has 0 aromatic heterocycles. The molecule has 0 amide bonds. The van der Waals surface area contributed by atoms with Crippen LogP contribution < -0.4 is 4.74 Å². The van der Waals surface area contributed by atoms with Crippen molar-refractivity contribution >= 4 is 0 Å². The Bertz CT molecular complexity index is 777. The summed E-state index contributed by atoms with van der Waals surface area (Å²) in [5, 5.41) is 36.2. The fourth-order valence-corrected chi connectivity index (χ4v) is 6.75. The highest BCUT2D eigenvalue weighted by Crippen LogP contribution is 2.66. The van der Waals surface area contributed by atoms with Crippen LogP contribution in [0.2, 0.25) is 0 Å². The summed E-state index contributed by atoms with van der Waals surface area (Å²) in [4.78, 5) is 0. The topological polar surface area (TPSA) is 72.8 Å². The van der Waals surface area contributed by atoms with Gasteiger partial charge in [-0.2, -0.15) is 0 Å². The predicted octanol–water partition coefficient (Wildman–Crippen LogP) is 2.36. The Morgan fingerprint density at radius 2 is 2.08 bits per heavy atom. The van der Waals surface area contributed by atoms with Crippen LogP contribution in [-0.2, 0) is 11.8 Å². The standard InChI is InChI=1S/C20H25NO4/c22-14-6-5-13-10-15-20(23)7-1-2-16-19(20,17(13)18(14)25-16)8-9-21(15,24)11-12-3-4-12/h5-6,12,15-16,22-23H,1-4,7-11H2/t15?,16?,19-,20?,21-/m0/s1. The SMILES string of the molecule is [O-][N@+]1(CC2CC2)CC[C@@]23c4c5ccc(O)c4OC2CCCC3(O)C1C5. The van der Waals surface area contributed by atoms with Gasteiger partial charge in [-0.1, -0.05) is 6.07 Å². The molecule has 2 N–H and O–H groups in total. The first kappa shape index (κ1) is 14.8. The molecule has 3 unspecified atom stereocenters. The van der Waals surface area contributed by atoms with E-state index in [4.69, 9.17) is 4.74 Å². The minimum absolute atomic E-state index is 0.106. The van der Waals surface area contributed by atoms with Crippen molar-refractivity contribution in [3.63, 3.8) is 0 Å². The summed E-state index contributed by atoms with van der Waals surface area (Å²) >= 11 is 0. The molecule has 2 bridgehead atoms. The number of hydrogen-bond acceptors (Lipinski definition) is 4. The van der Waals surface area contributed by atoms with Crippen LogP contribution in [0.15, 0.2) is 12.1 Å². The van der Waals surface area contributed by atoms with Gasteiger partial charge in [0.2, 0.25) is 0 Å². The van der Waals surface area contributed by atoms with Crippen molar-refractivity contribution in [3.05, 3.63) is 28.5 Å². The molecule has 5 aliphatic rings. The van der Waals surface area contributed by atoms with Gasteiger partial charge in [0.25, 0.3) is 0 Å². The van der Waals surface area contributed by atoms with Crippen LogP contribution in [0.3, 0.4) is 0 Å². The van der Waals surface area contributed by atoms with E-state index in [0.29, 0.717) is 44.0 Å². The van der Waals surface area contributed by atoms with Crippen LogP contribution in [0.25, 0.3) is 0 Å². The number of hydrogen-bond donors (Lipinski definition) is 2. The molecule has 3 aliphatic carbocycles. The minimum Gasteiger partial charge on any atom is -0.632 e. The Morgan fingerprint density at radius 1 is 1.24 bits per heavy atom. The van der Waals surface area contributed by atoms with E-state index in [9.17, 15) is 15.4 Å². The molecule has 5 atom stereocenters. The van der Waals surface area contributed by atoms with Crippen molar-refractivity contribution in [1.29, 1.82) is 0 Å². The number of piperidine rings is 1. The molecule has 1 spiro atoms. The van der Waals surface area contributed by atoms with Crippen LogP contribution >= 0.6 is 0 Å². The van der Waals surface area contributed by atoms with Crippen molar-refractivity contribution in [2.24, 2.45) is 5.92 Å².